The highest BCUT2D eigenvalue weighted by Crippen LogP contribution is 2.49. The molecule has 7 rings (SSSR count). The van der Waals surface area contributed by atoms with Gasteiger partial charge in [-0.25, -0.2) is 18.0 Å². The van der Waals surface area contributed by atoms with Crippen molar-refractivity contribution in [3.8, 4) is 11.1 Å². The van der Waals surface area contributed by atoms with Gasteiger partial charge >= 0.3 is 5.69 Å². The van der Waals surface area contributed by atoms with Gasteiger partial charge in [-0.05, 0) is 63.6 Å². The van der Waals surface area contributed by atoms with E-state index in [9.17, 15) is 14.0 Å². The molecule has 0 radical (unpaired) electrons. The van der Waals surface area contributed by atoms with Crippen LogP contribution in [0.4, 0.5) is 19.0 Å². The molecule has 1 amide bonds. The summed E-state index contributed by atoms with van der Waals surface area (Å²) in [7, 11) is 0. The zero-order valence-corrected chi connectivity index (χ0v) is 26.6. The van der Waals surface area contributed by atoms with E-state index < -0.39 is 28.7 Å². The molecular weight excluding hydrogens is 623 g/mol. The Balaban J connectivity index is 1.32. The van der Waals surface area contributed by atoms with Crippen LogP contribution < -0.4 is 10.6 Å². The van der Waals surface area contributed by atoms with Gasteiger partial charge in [-0.15, -0.1) is 11.8 Å². The predicted molar refractivity (Wildman–Crippen MR) is 172 cm³/mol. The zero-order valence-electron chi connectivity index (χ0n) is 25.1. The highest BCUT2D eigenvalue weighted by Gasteiger charge is 2.38. The van der Waals surface area contributed by atoms with Crippen molar-refractivity contribution in [1.82, 2.24) is 19.4 Å². The molecule has 12 heteroatoms. The number of rotatable bonds is 7. The van der Waals surface area contributed by atoms with Crippen molar-refractivity contribution in [3.05, 3.63) is 63.8 Å². The minimum atomic E-state index is -1.06. The van der Waals surface area contributed by atoms with Crippen molar-refractivity contribution >= 4 is 46.0 Å². The average molecular weight is 658 g/mol. The van der Waals surface area contributed by atoms with Crippen LogP contribution in [0.3, 0.4) is 0 Å². The topological polar surface area (TPSA) is 61.7 Å². The van der Waals surface area contributed by atoms with E-state index in [0.29, 0.717) is 65.2 Å². The lowest BCUT2D eigenvalue weighted by Gasteiger charge is -2.41. The molecule has 1 aromatic heterocycles. The number of hydrogen-bond acceptors (Lipinski definition) is 6. The van der Waals surface area contributed by atoms with E-state index in [4.69, 9.17) is 11.6 Å². The van der Waals surface area contributed by atoms with Crippen LogP contribution in [0.1, 0.15) is 45.1 Å². The molecule has 0 spiro atoms. The third-order valence-electron chi connectivity index (χ3n) is 10.0. The number of benzene rings is 2. The van der Waals surface area contributed by atoms with Gasteiger partial charge < -0.3 is 14.7 Å². The van der Waals surface area contributed by atoms with E-state index in [1.807, 2.05) is 11.8 Å². The Morgan fingerprint density at radius 3 is 2.58 bits per heavy atom. The molecule has 45 heavy (non-hydrogen) atoms. The largest absolute Gasteiger partial charge is 0.350 e. The summed E-state index contributed by atoms with van der Waals surface area (Å²) >= 11 is 8.25. The number of amides is 1. The van der Waals surface area contributed by atoms with Gasteiger partial charge in [0, 0.05) is 78.0 Å². The first-order chi connectivity index (χ1) is 21.6. The summed E-state index contributed by atoms with van der Waals surface area (Å²) in [5, 5.41) is 0.684. The highest BCUT2D eigenvalue weighted by atomic mass is 35.5. The average Bonchev–Trinajstić information content (AvgIpc) is 3.63. The van der Waals surface area contributed by atoms with Gasteiger partial charge in [0.2, 0.25) is 5.91 Å². The third-order valence-corrected chi connectivity index (χ3v) is 11.6. The van der Waals surface area contributed by atoms with Crippen molar-refractivity contribution in [2.45, 2.75) is 62.0 Å². The van der Waals surface area contributed by atoms with Crippen molar-refractivity contribution < 1.29 is 18.0 Å². The lowest BCUT2D eigenvalue weighted by Crippen LogP contribution is -2.54. The summed E-state index contributed by atoms with van der Waals surface area (Å²) in [5.41, 5.74) is -0.216. The fraction of sp³-hybridized carbons (Fsp3) is 0.485. The van der Waals surface area contributed by atoms with E-state index in [-0.39, 0.29) is 28.6 Å². The van der Waals surface area contributed by atoms with Crippen LogP contribution in [-0.4, -0.2) is 75.8 Å². The molecule has 1 saturated carbocycles. The van der Waals surface area contributed by atoms with Gasteiger partial charge in [0.05, 0.1) is 16.1 Å². The van der Waals surface area contributed by atoms with Crippen LogP contribution in [0.25, 0.3) is 22.0 Å². The van der Waals surface area contributed by atoms with E-state index >= 15 is 8.78 Å². The molecular formula is C33H35ClF3N5O2S. The number of anilines is 1. The van der Waals surface area contributed by atoms with E-state index in [1.165, 1.54) is 37.1 Å². The van der Waals surface area contributed by atoms with Crippen LogP contribution in [0.2, 0.25) is 5.02 Å². The number of nitrogens with zero attached hydrogens (tertiary/aromatic N) is 5. The quantitative estimate of drug-likeness (QED) is 0.279. The third kappa shape index (κ3) is 5.34. The van der Waals surface area contributed by atoms with Crippen LogP contribution in [-0.2, 0) is 4.79 Å². The number of carbonyl (C=O) groups excluding carboxylic acids is 1. The molecule has 3 aliphatic heterocycles. The zero-order chi connectivity index (χ0) is 31.6. The number of thioether (sulfide) groups is 1. The maximum absolute atomic E-state index is 15.2. The van der Waals surface area contributed by atoms with Crippen molar-refractivity contribution in [3.63, 3.8) is 0 Å². The van der Waals surface area contributed by atoms with Crippen LogP contribution in [0.5, 0.6) is 0 Å². The van der Waals surface area contributed by atoms with Crippen LogP contribution >= 0.6 is 23.4 Å². The number of likely N-dealkylation sites (tertiary alicyclic amines) is 1. The van der Waals surface area contributed by atoms with E-state index in [2.05, 4.69) is 16.5 Å². The fourth-order valence-electron chi connectivity index (χ4n) is 7.94. The first-order valence-electron chi connectivity index (χ1n) is 15.6. The monoisotopic (exact) mass is 657 g/mol. The molecule has 2 aromatic carbocycles. The van der Waals surface area contributed by atoms with Gasteiger partial charge in [0.25, 0.3) is 0 Å². The molecule has 0 unspecified atom stereocenters. The second-order valence-corrected chi connectivity index (χ2v) is 14.2. The summed E-state index contributed by atoms with van der Waals surface area (Å²) in [6, 6.07) is 3.22. The Morgan fingerprint density at radius 1 is 1.13 bits per heavy atom. The molecule has 3 aromatic rings. The Kier molecular flexibility index (Phi) is 8.14. The van der Waals surface area contributed by atoms with Crippen molar-refractivity contribution in [2.75, 3.05) is 43.4 Å². The summed E-state index contributed by atoms with van der Waals surface area (Å²) in [5.74, 6) is -1.58. The molecule has 4 heterocycles. The van der Waals surface area contributed by atoms with E-state index in [1.54, 1.807) is 15.5 Å². The Morgan fingerprint density at radius 2 is 1.91 bits per heavy atom. The molecule has 3 fully saturated rings. The summed E-state index contributed by atoms with van der Waals surface area (Å²) in [4.78, 5) is 37.6. The number of hydrogen-bond donors (Lipinski definition) is 0. The van der Waals surface area contributed by atoms with Gasteiger partial charge in [-0.3, -0.25) is 9.36 Å². The predicted octanol–water partition coefficient (Wildman–Crippen LogP) is 6.27. The molecule has 1 aliphatic carbocycles. The number of piperazine rings is 1. The lowest BCUT2D eigenvalue weighted by molar-refractivity contribution is -0.126. The Hall–Kier alpha value is -3.02. The minimum absolute atomic E-state index is 0.0818. The van der Waals surface area contributed by atoms with Crippen molar-refractivity contribution in [1.29, 1.82) is 0 Å². The lowest BCUT2D eigenvalue weighted by atomic mass is 10.00. The number of piperidine rings is 1. The van der Waals surface area contributed by atoms with Gasteiger partial charge in [-0.2, -0.15) is 4.98 Å². The summed E-state index contributed by atoms with van der Waals surface area (Å²) in [6.45, 7) is 8.93. The number of fused-ring (bicyclic) bond motifs is 2. The second-order valence-electron chi connectivity index (χ2n) is 12.8. The standard InChI is InChI=1S/C33H35ClF3N5O2S/c1-3-27(43)40-9-10-41(18(2)15-40)32-23-14-24(34)28(29-25(36)12-20(35)13-26(29)37)31-30(23)42(33(44)38-32)22(17-45-31)5-4-8-39-16-19-6-7-21(39)11-19/h3,12-14,18-19,21-22H,1,4-11,15-17H2,2H3/t18-,19+,21+,22+/m0/s1. The fourth-order valence-corrected chi connectivity index (χ4v) is 9.67. The van der Waals surface area contributed by atoms with Gasteiger partial charge in [0.15, 0.2) is 0 Å². The smallest absolute Gasteiger partial charge is 0.350 e. The maximum atomic E-state index is 15.2. The number of aromatic nitrogens is 2. The Bertz CT molecular complexity index is 1750. The Labute approximate surface area is 269 Å². The number of carbonyl (C=O) groups is 1. The summed E-state index contributed by atoms with van der Waals surface area (Å²) < 4.78 is 46.0. The van der Waals surface area contributed by atoms with Gasteiger partial charge in [0.1, 0.15) is 23.3 Å². The minimum Gasteiger partial charge on any atom is -0.350 e. The molecule has 4 atom stereocenters. The van der Waals surface area contributed by atoms with E-state index in [0.717, 1.165) is 31.8 Å². The van der Waals surface area contributed by atoms with Crippen LogP contribution in [0, 0.1) is 23.4 Å². The number of halogens is 4. The molecule has 2 saturated heterocycles. The first-order valence-corrected chi connectivity index (χ1v) is 17.0. The normalized spacial score (nSPS) is 24.6. The van der Waals surface area contributed by atoms with Crippen LogP contribution in [0.15, 0.2) is 40.5 Å². The van der Waals surface area contributed by atoms with Gasteiger partial charge in [-0.1, -0.05) is 18.2 Å². The SMILES string of the molecule is C=CC(=O)N1CCN(c2nc(=O)n3c4c(c(-c5c(F)cc(F)cc5F)c(Cl)cc24)SC[C@H]3CCCN2C[C@@H]3CC[C@@H]2C3)[C@@H](C)C1. The maximum Gasteiger partial charge on any atom is 0.350 e. The summed E-state index contributed by atoms with van der Waals surface area (Å²) in [6.07, 6.45) is 6.82. The molecule has 4 aliphatic rings. The molecule has 2 bridgehead atoms. The molecule has 238 valence electrons. The molecule has 7 nitrogen and oxygen atoms in total. The highest BCUT2D eigenvalue weighted by molar-refractivity contribution is 7.99. The second kappa shape index (κ2) is 12.0. The van der Waals surface area contributed by atoms with Crippen molar-refractivity contribution in [2.24, 2.45) is 5.92 Å². The molecule has 0 N–H and O–H groups in total. The first kappa shape index (κ1) is 30.6.